The molecule has 0 saturated heterocycles. The number of aromatic hydroxyl groups is 1. The number of benzene rings is 1. The second kappa shape index (κ2) is 10.9. The van der Waals surface area contributed by atoms with Crippen LogP contribution in [0.3, 0.4) is 0 Å². The molecule has 1 aliphatic rings. The number of aromatic nitrogens is 3. The maximum absolute atomic E-state index is 12.5. The predicted molar refractivity (Wildman–Crippen MR) is 134 cm³/mol. The normalized spacial score (nSPS) is 18.8. The number of hydrogen-bond acceptors (Lipinski definition) is 9. The summed E-state index contributed by atoms with van der Waals surface area (Å²) in [5.74, 6) is 0.780. The number of carbonyl (C=O) groups is 1. The first-order valence-electron chi connectivity index (χ1n) is 11.2. The highest BCUT2D eigenvalue weighted by Gasteiger charge is 2.17. The third kappa shape index (κ3) is 5.99. The van der Waals surface area contributed by atoms with E-state index < -0.39 is 6.10 Å². The van der Waals surface area contributed by atoms with Gasteiger partial charge in [0, 0.05) is 51.9 Å². The molecule has 0 fully saturated rings. The zero-order valence-electron chi connectivity index (χ0n) is 19.5. The summed E-state index contributed by atoms with van der Waals surface area (Å²) in [6, 6.07) is 5.03. The SMILES string of the molecule is CN1CCC(=O)N(C)CCNc2ncnc3[nH]c(O)c(c23)C=Nc2ccc(Cl)c(c2)OCC(O)C1. The van der Waals surface area contributed by atoms with Gasteiger partial charge in [0.05, 0.1) is 21.7 Å². The third-order valence-electron chi connectivity index (χ3n) is 5.69. The molecule has 3 heterocycles. The number of carbonyl (C=O) groups excluding carboxylic acids is 1. The van der Waals surface area contributed by atoms with Gasteiger partial charge in [0.15, 0.2) is 5.88 Å². The maximum Gasteiger partial charge on any atom is 0.223 e. The Morgan fingerprint density at radius 1 is 1.23 bits per heavy atom. The number of amides is 1. The van der Waals surface area contributed by atoms with Crippen molar-refractivity contribution < 1.29 is 19.7 Å². The lowest BCUT2D eigenvalue weighted by atomic mass is 10.2. The average molecular weight is 502 g/mol. The number of likely N-dealkylation sites (N-methyl/N-ethyl adjacent to an activating group) is 2. The van der Waals surface area contributed by atoms with Gasteiger partial charge in [-0.2, -0.15) is 0 Å². The van der Waals surface area contributed by atoms with Crippen LogP contribution < -0.4 is 10.1 Å². The summed E-state index contributed by atoms with van der Waals surface area (Å²) in [4.78, 5) is 31.9. The van der Waals surface area contributed by atoms with Crippen LogP contribution in [0.4, 0.5) is 11.5 Å². The second-order valence-electron chi connectivity index (χ2n) is 8.43. The Bertz CT molecular complexity index is 1230. The van der Waals surface area contributed by atoms with Crippen LogP contribution in [-0.4, -0.2) is 100 Å². The van der Waals surface area contributed by atoms with Gasteiger partial charge in [0.2, 0.25) is 5.91 Å². The van der Waals surface area contributed by atoms with Crippen LogP contribution in [-0.2, 0) is 4.79 Å². The van der Waals surface area contributed by atoms with Crippen molar-refractivity contribution in [2.45, 2.75) is 12.5 Å². The molecular weight excluding hydrogens is 474 g/mol. The molecule has 2 bridgehead atoms. The number of H-pyrrole nitrogens is 1. The van der Waals surface area contributed by atoms with Crippen LogP contribution in [0.25, 0.3) is 11.0 Å². The first kappa shape index (κ1) is 24.7. The van der Waals surface area contributed by atoms with Crippen LogP contribution in [0.15, 0.2) is 29.5 Å². The van der Waals surface area contributed by atoms with Gasteiger partial charge in [-0.3, -0.25) is 9.79 Å². The van der Waals surface area contributed by atoms with Crippen LogP contribution >= 0.6 is 11.6 Å². The van der Waals surface area contributed by atoms with Gasteiger partial charge in [0.1, 0.15) is 36.3 Å². The van der Waals surface area contributed by atoms with Crippen molar-refractivity contribution in [3.8, 4) is 11.6 Å². The van der Waals surface area contributed by atoms with E-state index in [1.54, 1.807) is 30.1 Å². The molecule has 4 N–H and O–H groups in total. The lowest BCUT2D eigenvalue weighted by Gasteiger charge is -2.23. The highest BCUT2D eigenvalue weighted by atomic mass is 35.5. The molecule has 11 nitrogen and oxygen atoms in total. The number of nitrogens with one attached hydrogen (secondary N) is 2. The molecule has 3 aromatic rings. The molecule has 1 unspecified atom stereocenters. The summed E-state index contributed by atoms with van der Waals surface area (Å²) in [6.07, 6.45) is 2.45. The number of hydrogen-bond donors (Lipinski definition) is 4. The minimum atomic E-state index is -0.771. The molecule has 0 saturated carbocycles. The van der Waals surface area contributed by atoms with Gasteiger partial charge < -0.3 is 35.1 Å². The van der Waals surface area contributed by atoms with E-state index in [-0.39, 0.29) is 18.4 Å². The fraction of sp³-hybridized carbons (Fsp3) is 0.391. The van der Waals surface area contributed by atoms with E-state index >= 15 is 0 Å². The van der Waals surface area contributed by atoms with E-state index in [0.29, 0.717) is 71.5 Å². The van der Waals surface area contributed by atoms with Gasteiger partial charge >= 0.3 is 0 Å². The standard InChI is InChI=1S/C23H28ClN7O4/c1-30-7-5-19(33)31(2)8-6-25-21-20-16(23(34)29-22(20)28-13-27-21)10-26-14-3-4-17(24)18(9-14)35-12-15(32)11-30/h3-4,9-10,13,15,32,34H,5-8,11-12H2,1-2H3,(H2,25,27,28,29). The Kier molecular flexibility index (Phi) is 7.69. The van der Waals surface area contributed by atoms with Gasteiger partial charge in [-0.1, -0.05) is 11.6 Å². The van der Waals surface area contributed by atoms with E-state index in [1.807, 2.05) is 11.9 Å². The lowest BCUT2D eigenvalue weighted by Crippen LogP contribution is -2.37. The Morgan fingerprint density at radius 2 is 2.06 bits per heavy atom. The van der Waals surface area contributed by atoms with Gasteiger partial charge in [-0.05, 0) is 19.2 Å². The number of halogens is 1. The largest absolute Gasteiger partial charge is 0.494 e. The number of aliphatic hydroxyl groups is 1. The number of aromatic amines is 1. The van der Waals surface area contributed by atoms with Crippen LogP contribution in [0.5, 0.6) is 11.6 Å². The molecule has 1 aromatic carbocycles. The fourth-order valence-corrected chi connectivity index (χ4v) is 3.92. The number of nitrogens with zero attached hydrogens (tertiary/aromatic N) is 5. The fourth-order valence-electron chi connectivity index (χ4n) is 3.75. The van der Waals surface area contributed by atoms with Gasteiger partial charge in [-0.15, -0.1) is 0 Å². The van der Waals surface area contributed by atoms with Crippen molar-refractivity contribution >= 4 is 46.3 Å². The van der Waals surface area contributed by atoms with Crippen LogP contribution in [0.1, 0.15) is 12.0 Å². The van der Waals surface area contributed by atoms with E-state index in [2.05, 4.69) is 25.3 Å². The highest BCUT2D eigenvalue weighted by Crippen LogP contribution is 2.32. The van der Waals surface area contributed by atoms with Crippen molar-refractivity contribution in [1.82, 2.24) is 24.8 Å². The summed E-state index contributed by atoms with van der Waals surface area (Å²) in [5, 5.41) is 25.0. The number of rotatable bonds is 0. The van der Waals surface area contributed by atoms with Crippen LogP contribution in [0.2, 0.25) is 5.02 Å². The molecule has 1 amide bonds. The monoisotopic (exact) mass is 501 g/mol. The van der Waals surface area contributed by atoms with E-state index in [0.717, 1.165) is 0 Å². The molecule has 186 valence electrons. The molecule has 1 aliphatic heterocycles. The molecule has 4 rings (SSSR count). The second-order valence-corrected chi connectivity index (χ2v) is 8.83. The molecule has 2 aromatic heterocycles. The maximum atomic E-state index is 12.5. The minimum Gasteiger partial charge on any atom is -0.494 e. The smallest absolute Gasteiger partial charge is 0.223 e. The van der Waals surface area contributed by atoms with Crippen molar-refractivity contribution in [3.63, 3.8) is 0 Å². The summed E-state index contributed by atoms with van der Waals surface area (Å²) in [7, 11) is 3.59. The first-order chi connectivity index (χ1) is 16.8. The van der Waals surface area contributed by atoms with E-state index in [1.165, 1.54) is 12.5 Å². The Labute approximate surface area is 207 Å². The number of β-amino-alcohol motifs (C(OH)–C–C–N with tert-alkyl or cyclic N) is 1. The summed E-state index contributed by atoms with van der Waals surface area (Å²) in [6.45, 7) is 1.77. The van der Waals surface area contributed by atoms with Crippen molar-refractivity contribution in [1.29, 1.82) is 0 Å². The quantitative estimate of drug-likeness (QED) is 0.367. The number of ether oxygens (including phenoxy) is 1. The summed E-state index contributed by atoms with van der Waals surface area (Å²) >= 11 is 6.27. The molecule has 12 heteroatoms. The van der Waals surface area contributed by atoms with Crippen molar-refractivity contribution in [2.75, 3.05) is 52.2 Å². The van der Waals surface area contributed by atoms with Gasteiger partial charge in [-0.25, -0.2) is 9.97 Å². The number of fused-ring (bicyclic) bond motifs is 2. The molecule has 35 heavy (non-hydrogen) atoms. The Balaban J connectivity index is 1.67. The highest BCUT2D eigenvalue weighted by molar-refractivity contribution is 6.32. The minimum absolute atomic E-state index is 0.0117. The molecular formula is C23H28ClN7O4. The molecule has 0 aliphatic carbocycles. The topological polar surface area (TPSA) is 139 Å². The predicted octanol–water partition coefficient (Wildman–Crippen LogP) is 2.01. The summed E-state index contributed by atoms with van der Waals surface area (Å²) in [5.41, 5.74) is 1.41. The molecule has 1 atom stereocenters. The Morgan fingerprint density at radius 3 is 2.89 bits per heavy atom. The van der Waals surface area contributed by atoms with Gasteiger partial charge in [0.25, 0.3) is 0 Å². The van der Waals surface area contributed by atoms with Crippen molar-refractivity contribution in [3.05, 3.63) is 35.1 Å². The van der Waals surface area contributed by atoms with E-state index in [9.17, 15) is 15.0 Å². The number of aliphatic hydroxyl groups excluding tert-OH is 1. The molecule has 0 radical (unpaired) electrons. The first-order valence-corrected chi connectivity index (χ1v) is 11.6. The number of anilines is 1. The Hall–Kier alpha value is -3.41. The summed E-state index contributed by atoms with van der Waals surface area (Å²) < 4.78 is 5.74. The lowest BCUT2D eigenvalue weighted by molar-refractivity contribution is -0.130. The van der Waals surface area contributed by atoms with Crippen molar-refractivity contribution in [2.24, 2.45) is 4.99 Å². The van der Waals surface area contributed by atoms with E-state index in [4.69, 9.17) is 16.3 Å². The average Bonchev–Trinajstić information content (AvgIpc) is 3.16. The zero-order valence-corrected chi connectivity index (χ0v) is 20.3. The third-order valence-corrected chi connectivity index (χ3v) is 6.00. The number of aliphatic imine (C=N–C) groups is 1. The van der Waals surface area contributed by atoms with Crippen LogP contribution in [0, 0.1) is 0 Å². The zero-order chi connectivity index (χ0) is 24.9. The molecule has 0 spiro atoms.